The molecule has 0 unspecified atom stereocenters. The molecule has 144 valence electrons. The molecule has 2 aromatic rings. The van der Waals surface area contributed by atoms with Gasteiger partial charge in [-0.05, 0) is 23.8 Å². The molecule has 0 saturated carbocycles. The first kappa shape index (κ1) is 20.5. The molecule has 1 N–H and O–H groups in total. The number of nitrogens with zero attached hydrogens (tertiary/aromatic N) is 1. The van der Waals surface area contributed by atoms with Crippen molar-refractivity contribution in [2.24, 2.45) is 0 Å². The Morgan fingerprint density at radius 3 is 2.41 bits per heavy atom. The number of hydrogen-bond acceptors (Lipinski definition) is 5. The third-order valence-electron chi connectivity index (χ3n) is 3.60. The van der Waals surface area contributed by atoms with E-state index in [-0.39, 0.29) is 11.4 Å². The Balaban J connectivity index is 2.00. The van der Waals surface area contributed by atoms with Gasteiger partial charge >= 0.3 is 5.97 Å². The van der Waals surface area contributed by atoms with Gasteiger partial charge in [0.15, 0.2) is 6.61 Å². The van der Waals surface area contributed by atoms with Crippen LogP contribution in [0.25, 0.3) is 0 Å². The van der Waals surface area contributed by atoms with E-state index in [9.17, 15) is 22.4 Å². The summed E-state index contributed by atoms with van der Waals surface area (Å²) in [7, 11) is -1.21. The third-order valence-corrected chi connectivity index (χ3v) is 5.41. The normalized spacial score (nSPS) is 11.3. The van der Waals surface area contributed by atoms with Crippen molar-refractivity contribution in [3.8, 4) is 0 Å². The number of hydrogen-bond donors (Lipinski definition) is 1. The lowest BCUT2D eigenvalue weighted by atomic mass is 10.2. The van der Waals surface area contributed by atoms with Crippen LogP contribution in [0.1, 0.15) is 15.9 Å². The summed E-state index contributed by atoms with van der Waals surface area (Å²) in [6, 6.07) is 11.9. The Morgan fingerprint density at radius 2 is 1.78 bits per heavy atom. The first-order valence-electron chi connectivity index (χ1n) is 7.91. The van der Waals surface area contributed by atoms with E-state index in [0.29, 0.717) is 0 Å². The van der Waals surface area contributed by atoms with Crippen molar-refractivity contribution in [1.82, 2.24) is 9.62 Å². The molecule has 0 fully saturated rings. The van der Waals surface area contributed by atoms with Crippen LogP contribution in [0.4, 0.5) is 4.39 Å². The molecule has 0 aromatic heterocycles. The Morgan fingerprint density at radius 1 is 1.11 bits per heavy atom. The summed E-state index contributed by atoms with van der Waals surface area (Å²) in [4.78, 5) is 23.6. The molecule has 9 heteroatoms. The zero-order valence-corrected chi connectivity index (χ0v) is 15.6. The van der Waals surface area contributed by atoms with E-state index < -0.39 is 39.9 Å². The fourth-order valence-electron chi connectivity index (χ4n) is 2.09. The van der Waals surface area contributed by atoms with Crippen LogP contribution in [0.5, 0.6) is 0 Å². The van der Waals surface area contributed by atoms with Gasteiger partial charge in [-0.3, -0.25) is 4.79 Å². The maximum atomic E-state index is 13.9. The van der Waals surface area contributed by atoms with Gasteiger partial charge in [0.1, 0.15) is 5.82 Å². The number of halogens is 1. The van der Waals surface area contributed by atoms with Gasteiger partial charge in [0, 0.05) is 20.6 Å². The van der Waals surface area contributed by atoms with Crippen molar-refractivity contribution < 1.29 is 27.1 Å². The van der Waals surface area contributed by atoms with Crippen molar-refractivity contribution in [2.75, 3.05) is 20.7 Å². The maximum Gasteiger partial charge on any atom is 0.341 e. The number of esters is 1. The van der Waals surface area contributed by atoms with E-state index in [1.54, 1.807) is 0 Å². The molecule has 0 aliphatic rings. The summed E-state index contributed by atoms with van der Waals surface area (Å²) < 4.78 is 43.8. The predicted octanol–water partition coefficient (Wildman–Crippen LogP) is 1.55. The van der Waals surface area contributed by atoms with Crippen LogP contribution < -0.4 is 5.32 Å². The second-order valence-electron chi connectivity index (χ2n) is 5.77. The van der Waals surface area contributed by atoms with Crippen LogP contribution in [0.15, 0.2) is 53.4 Å². The molecule has 0 heterocycles. The predicted molar refractivity (Wildman–Crippen MR) is 95.8 cm³/mol. The minimum absolute atomic E-state index is 0.252. The van der Waals surface area contributed by atoms with Gasteiger partial charge in [0.25, 0.3) is 5.91 Å². The zero-order chi connectivity index (χ0) is 20.0. The van der Waals surface area contributed by atoms with Crippen LogP contribution >= 0.6 is 0 Å². The summed E-state index contributed by atoms with van der Waals surface area (Å²) in [5.74, 6) is -2.63. The van der Waals surface area contributed by atoms with E-state index >= 15 is 0 Å². The van der Waals surface area contributed by atoms with Gasteiger partial charge in [0.2, 0.25) is 10.0 Å². The molecule has 0 aliphatic heterocycles. The van der Waals surface area contributed by atoms with Gasteiger partial charge in [-0.25, -0.2) is 21.9 Å². The van der Waals surface area contributed by atoms with Crippen LogP contribution in [0.3, 0.4) is 0 Å². The van der Waals surface area contributed by atoms with Crippen LogP contribution in [0, 0.1) is 5.82 Å². The molecule has 0 atom stereocenters. The molecule has 0 spiro atoms. The summed E-state index contributed by atoms with van der Waals surface area (Å²) >= 11 is 0. The smallest absolute Gasteiger partial charge is 0.341 e. The monoisotopic (exact) mass is 394 g/mol. The van der Waals surface area contributed by atoms with Crippen molar-refractivity contribution in [2.45, 2.75) is 11.4 Å². The van der Waals surface area contributed by atoms with E-state index in [0.717, 1.165) is 28.1 Å². The summed E-state index contributed by atoms with van der Waals surface area (Å²) in [6.07, 6.45) is 0. The average molecular weight is 394 g/mol. The largest absolute Gasteiger partial charge is 0.452 e. The molecular weight excluding hydrogens is 375 g/mol. The topological polar surface area (TPSA) is 92.8 Å². The standard InChI is InChI=1S/C18H19FN2O5S/c1-21(2)27(24,25)14-8-9-16(19)15(10-14)18(23)26-12-17(22)20-11-13-6-4-3-5-7-13/h3-10H,11-12H2,1-2H3,(H,20,22). The molecule has 0 aliphatic carbocycles. The van der Waals surface area contributed by atoms with E-state index in [2.05, 4.69) is 5.32 Å². The number of carbonyl (C=O) groups excluding carboxylic acids is 2. The highest BCUT2D eigenvalue weighted by Gasteiger charge is 2.22. The maximum absolute atomic E-state index is 13.9. The fourth-order valence-corrected chi connectivity index (χ4v) is 3.02. The summed E-state index contributed by atoms with van der Waals surface area (Å²) in [5, 5.41) is 2.56. The molecule has 2 aromatic carbocycles. The number of amides is 1. The number of ether oxygens (including phenoxy) is 1. The van der Waals surface area contributed by atoms with E-state index in [4.69, 9.17) is 4.74 Å². The molecule has 1 amide bonds. The lowest BCUT2D eigenvalue weighted by molar-refractivity contribution is -0.124. The zero-order valence-electron chi connectivity index (χ0n) is 14.8. The fraction of sp³-hybridized carbons (Fsp3) is 0.222. The molecule has 0 radical (unpaired) electrons. The number of carbonyl (C=O) groups is 2. The minimum Gasteiger partial charge on any atom is -0.452 e. The highest BCUT2D eigenvalue weighted by molar-refractivity contribution is 7.89. The molecule has 2 rings (SSSR count). The van der Waals surface area contributed by atoms with Crippen molar-refractivity contribution in [1.29, 1.82) is 0 Å². The Kier molecular flexibility index (Phi) is 6.65. The van der Waals surface area contributed by atoms with E-state index in [1.807, 2.05) is 30.3 Å². The molecule has 0 bridgehead atoms. The quantitative estimate of drug-likeness (QED) is 0.720. The van der Waals surface area contributed by atoms with Crippen molar-refractivity contribution in [3.05, 3.63) is 65.5 Å². The van der Waals surface area contributed by atoms with Gasteiger partial charge in [-0.2, -0.15) is 0 Å². The third kappa shape index (κ3) is 5.35. The Labute approximate surface area is 156 Å². The molecular formula is C18H19FN2O5S. The van der Waals surface area contributed by atoms with E-state index in [1.165, 1.54) is 14.1 Å². The van der Waals surface area contributed by atoms with Gasteiger partial charge in [-0.15, -0.1) is 0 Å². The van der Waals surface area contributed by atoms with Crippen molar-refractivity contribution in [3.63, 3.8) is 0 Å². The lowest BCUT2D eigenvalue weighted by Gasteiger charge is -2.12. The summed E-state index contributed by atoms with van der Waals surface area (Å²) in [6.45, 7) is -0.363. The minimum atomic E-state index is -3.84. The Hall–Kier alpha value is -2.78. The van der Waals surface area contributed by atoms with Crippen LogP contribution in [0.2, 0.25) is 0 Å². The number of sulfonamides is 1. The summed E-state index contributed by atoms with van der Waals surface area (Å²) in [5.41, 5.74) is 0.304. The highest BCUT2D eigenvalue weighted by atomic mass is 32.2. The second kappa shape index (κ2) is 8.74. The van der Waals surface area contributed by atoms with Gasteiger partial charge in [0.05, 0.1) is 10.5 Å². The SMILES string of the molecule is CN(C)S(=O)(=O)c1ccc(F)c(C(=O)OCC(=O)NCc2ccccc2)c1. The van der Waals surface area contributed by atoms with Gasteiger partial charge < -0.3 is 10.1 Å². The van der Waals surface area contributed by atoms with Gasteiger partial charge in [-0.1, -0.05) is 30.3 Å². The average Bonchev–Trinajstić information content (AvgIpc) is 2.65. The van der Waals surface area contributed by atoms with Crippen LogP contribution in [-0.2, 0) is 26.1 Å². The lowest BCUT2D eigenvalue weighted by Crippen LogP contribution is -2.28. The number of nitrogens with one attached hydrogen (secondary N) is 1. The molecule has 27 heavy (non-hydrogen) atoms. The number of benzene rings is 2. The first-order chi connectivity index (χ1) is 12.7. The number of rotatable bonds is 7. The molecule has 0 saturated heterocycles. The Bertz CT molecular complexity index is 930. The van der Waals surface area contributed by atoms with Crippen molar-refractivity contribution >= 4 is 21.9 Å². The molecule has 7 nitrogen and oxygen atoms in total. The van der Waals surface area contributed by atoms with Crippen LogP contribution in [-0.4, -0.2) is 45.3 Å². The highest BCUT2D eigenvalue weighted by Crippen LogP contribution is 2.18. The second-order valence-corrected chi connectivity index (χ2v) is 7.92. The first-order valence-corrected chi connectivity index (χ1v) is 9.35.